The van der Waals surface area contributed by atoms with E-state index >= 15 is 0 Å². The predicted octanol–water partition coefficient (Wildman–Crippen LogP) is 4.35. The van der Waals surface area contributed by atoms with Crippen molar-refractivity contribution in [1.82, 2.24) is 0 Å². The molecule has 0 unspecified atom stereocenters. The van der Waals surface area contributed by atoms with Gasteiger partial charge in [0.15, 0.2) is 5.43 Å². The fourth-order valence-corrected chi connectivity index (χ4v) is 2.89. The van der Waals surface area contributed by atoms with Crippen LogP contribution in [0.2, 0.25) is 0 Å². The number of hydrogen-bond acceptors (Lipinski definition) is 4. The number of phenols is 1. The molecule has 0 atom stereocenters. The highest BCUT2D eigenvalue weighted by molar-refractivity contribution is 5.91. The largest absolute Gasteiger partial charge is 0.506 e. The van der Waals surface area contributed by atoms with Gasteiger partial charge in [0.1, 0.15) is 33.8 Å². The van der Waals surface area contributed by atoms with E-state index in [0.717, 1.165) is 5.56 Å². The van der Waals surface area contributed by atoms with Crippen LogP contribution in [-0.4, -0.2) is 10.7 Å². The van der Waals surface area contributed by atoms with Crippen molar-refractivity contribution in [3.05, 3.63) is 64.3 Å². The third kappa shape index (κ3) is 2.27. The molecule has 120 valence electrons. The van der Waals surface area contributed by atoms with Gasteiger partial charge in [-0.25, -0.2) is 0 Å². The molecule has 1 aliphatic rings. The van der Waals surface area contributed by atoms with Crippen LogP contribution in [0.4, 0.5) is 0 Å². The molecule has 0 radical (unpaired) electrons. The minimum absolute atomic E-state index is 0.109. The minimum atomic E-state index is -0.482. The van der Waals surface area contributed by atoms with Crippen LogP contribution in [0.15, 0.2) is 57.8 Å². The van der Waals surface area contributed by atoms with Crippen LogP contribution in [0.1, 0.15) is 19.4 Å². The second-order valence-electron chi connectivity index (χ2n) is 6.39. The average Bonchev–Trinajstić information content (AvgIpc) is 2.54. The number of phenolic OH excluding ortho intramolecular Hbond substituents is 1. The summed E-state index contributed by atoms with van der Waals surface area (Å²) in [4.78, 5) is 12.5. The third-order valence-corrected chi connectivity index (χ3v) is 4.08. The van der Waals surface area contributed by atoms with Gasteiger partial charge in [-0.05, 0) is 26.0 Å². The van der Waals surface area contributed by atoms with Gasteiger partial charge in [-0.1, -0.05) is 30.3 Å². The SMILES string of the molecule is CC1(C)C=Cc2c(cc3oc(-c4ccccc4)cc(=O)c3c2O)O1. The second-order valence-corrected chi connectivity index (χ2v) is 6.39. The number of ether oxygens (including phenoxy) is 1. The summed E-state index contributed by atoms with van der Waals surface area (Å²) in [7, 11) is 0. The maximum Gasteiger partial charge on any atom is 0.197 e. The van der Waals surface area contributed by atoms with Gasteiger partial charge >= 0.3 is 0 Å². The van der Waals surface area contributed by atoms with Crippen LogP contribution in [-0.2, 0) is 0 Å². The quantitative estimate of drug-likeness (QED) is 0.724. The first-order chi connectivity index (χ1) is 11.4. The molecule has 0 saturated carbocycles. The van der Waals surface area contributed by atoms with E-state index in [4.69, 9.17) is 9.15 Å². The number of rotatable bonds is 1. The Bertz CT molecular complexity index is 1030. The van der Waals surface area contributed by atoms with Gasteiger partial charge in [-0.2, -0.15) is 0 Å². The highest BCUT2D eigenvalue weighted by Gasteiger charge is 2.26. The normalized spacial score (nSPS) is 15.1. The van der Waals surface area contributed by atoms with Crippen LogP contribution in [0.5, 0.6) is 11.5 Å². The Labute approximate surface area is 138 Å². The van der Waals surface area contributed by atoms with E-state index in [-0.39, 0.29) is 16.6 Å². The van der Waals surface area contributed by atoms with E-state index < -0.39 is 5.60 Å². The van der Waals surface area contributed by atoms with E-state index in [2.05, 4.69) is 0 Å². The number of aromatic hydroxyl groups is 1. The van der Waals surface area contributed by atoms with Crippen LogP contribution >= 0.6 is 0 Å². The molecule has 0 amide bonds. The molecule has 24 heavy (non-hydrogen) atoms. The summed E-state index contributed by atoms with van der Waals surface area (Å²) in [6, 6.07) is 12.5. The van der Waals surface area contributed by atoms with E-state index in [1.54, 1.807) is 12.1 Å². The lowest BCUT2D eigenvalue weighted by molar-refractivity contribution is 0.158. The van der Waals surface area contributed by atoms with Crippen molar-refractivity contribution in [3.8, 4) is 22.8 Å². The van der Waals surface area contributed by atoms with E-state index in [0.29, 0.717) is 22.7 Å². The predicted molar refractivity (Wildman–Crippen MR) is 93.3 cm³/mol. The molecule has 4 rings (SSSR count). The monoisotopic (exact) mass is 320 g/mol. The third-order valence-electron chi connectivity index (χ3n) is 4.08. The van der Waals surface area contributed by atoms with Gasteiger partial charge in [0.05, 0.1) is 5.56 Å². The van der Waals surface area contributed by atoms with Crippen molar-refractivity contribution in [3.63, 3.8) is 0 Å². The number of hydrogen-bond donors (Lipinski definition) is 1. The minimum Gasteiger partial charge on any atom is -0.506 e. The van der Waals surface area contributed by atoms with Gasteiger partial charge in [0.2, 0.25) is 0 Å². The molecular weight excluding hydrogens is 304 g/mol. The summed E-state index contributed by atoms with van der Waals surface area (Å²) in [5.41, 5.74) is 0.846. The van der Waals surface area contributed by atoms with E-state index in [1.165, 1.54) is 6.07 Å². The molecule has 0 aliphatic carbocycles. The zero-order chi connectivity index (χ0) is 16.9. The van der Waals surface area contributed by atoms with Crippen LogP contribution in [0.3, 0.4) is 0 Å². The van der Waals surface area contributed by atoms with Crippen molar-refractivity contribution in [2.75, 3.05) is 0 Å². The standard InChI is InChI=1S/C20H16O4/c1-20(2)9-8-13-16(24-20)11-17-18(19(13)22)14(21)10-15(23-17)12-6-4-3-5-7-12/h3-11,22H,1-2H3. The smallest absolute Gasteiger partial charge is 0.197 e. The van der Waals surface area contributed by atoms with E-state index in [9.17, 15) is 9.90 Å². The first-order valence-electron chi connectivity index (χ1n) is 7.72. The van der Waals surface area contributed by atoms with Crippen molar-refractivity contribution in [2.45, 2.75) is 19.4 Å². The van der Waals surface area contributed by atoms with Gasteiger partial charge in [0.25, 0.3) is 0 Å². The molecule has 0 saturated heterocycles. The molecule has 2 aromatic carbocycles. The number of benzene rings is 2. The van der Waals surface area contributed by atoms with Crippen molar-refractivity contribution >= 4 is 17.0 Å². The molecular formula is C20H16O4. The molecule has 1 aliphatic heterocycles. The molecule has 0 fully saturated rings. The van der Waals surface area contributed by atoms with Crippen LogP contribution in [0.25, 0.3) is 28.4 Å². The molecule has 2 heterocycles. The highest BCUT2D eigenvalue weighted by Crippen LogP contribution is 2.41. The summed E-state index contributed by atoms with van der Waals surface area (Å²) in [6.45, 7) is 3.84. The lowest BCUT2D eigenvalue weighted by Crippen LogP contribution is -2.27. The zero-order valence-corrected chi connectivity index (χ0v) is 13.4. The van der Waals surface area contributed by atoms with Gasteiger partial charge in [-0.15, -0.1) is 0 Å². The fourth-order valence-electron chi connectivity index (χ4n) is 2.89. The van der Waals surface area contributed by atoms with Gasteiger partial charge < -0.3 is 14.3 Å². The Kier molecular flexibility index (Phi) is 3.03. The molecule has 0 spiro atoms. The van der Waals surface area contributed by atoms with Gasteiger partial charge in [-0.3, -0.25) is 4.79 Å². The Hall–Kier alpha value is -3.01. The van der Waals surface area contributed by atoms with Crippen LogP contribution in [0, 0.1) is 0 Å². The Morgan fingerprint density at radius 1 is 1.08 bits per heavy atom. The zero-order valence-electron chi connectivity index (χ0n) is 13.4. The first-order valence-corrected chi connectivity index (χ1v) is 7.72. The average molecular weight is 320 g/mol. The number of fused-ring (bicyclic) bond motifs is 2. The Morgan fingerprint density at radius 2 is 1.83 bits per heavy atom. The highest BCUT2D eigenvalue weighted by atomic mass is 16.5. The van der Waals surface area contributed by atoms with Crippen molar-refractivity contribution in [2.24, 2.45) is 0 Å². The van der Waals surface area contributed by atoms with Crippen molar-refractivity contribution in [1.29, 1.82) is 0 Å². The lowest BCUT2D eigenvalue weighted by Gasteiger charge is -2.28. The molecule has 4 nitrogen and oxygen atoms in total. The fraction of sp³-hybridized carbons (Fsp3) is 0.150. The van der Waals surface area contributed by atoms with Crippen molar-refractivity contribution < 1.29 is 14.3 Å². The molecule has 4 heteroatoms. The maximum absolute atomic E-state index is 12.5. The molecule has 1 N–H and O–H groups in total. The first kappa shape index (κ1) is 14.6. The lowest BCUT2D eigenvalue weighted by atomic mass is 9.99. The van der Waals surface area contributed by atoms with Crippen LogP contribution < -0.4 is 10.2 Å². The second kappa shape index (κ2) is 4.99. The summed E-state index contributed by atoms with van der Waals surface area (Å²) < 4.78 is 11.8. The van der Waals surface area contributed by atoms with Gasteiger partial charge in [0, 0.05) is 17.7 Å². The summed E-state index contributed by atoms with van der Waals surface area (Å²) in [6.07, 6.45) is 3.62. The van der Waals surface area contributed by atoms with E-state index in [1.807, 2.05) is 50.3 Å². The summed E-state index contributed by atoms with van der Waals surface area (Å²) in [5, 5.41) is 10.7. The Balaban J connectivity index is 2.00. The molecule has 1 aromatic heterocycles. The molecule has 3 aromatic rings. The Morgan fingerprint density at radius 3 is 2.58 bits per heavy atom. The summed E-state index contributed by atoms with van der Waals surface area (Å²) in [5.74, 6) is 0.849. The summed E-state index contributed by atoms with van der Waals surface area (Å²) >= 11 is 0. The molecule has 0 bridgehead atoms. The maximum atomic E-state index is 12.5. The topological polar surface area (TPSA) is 59.7 Å².